The minimum Gasteiger partial charge on any atom is -0.507 e. The zero-order chi connectivity index (χ0) is 20.1. The molecule has 0 aliphatic carbocycles. The molecule has 7 heteroatoms. The lowest BCUT2D eigenvalue weighted by Gasteiger charge is -2.10. The highest BCUT2D eigenvalue weighted by Gasteiger charge is 2.17. The van der Waals surface area contributed by atoms with E-state index in [2.05, 4.69) is 10.1 Å². The number of anilines is 1. The largest absolute Gasteiger partial charge is 0.507 e. The topological polar surface area (TPSA) is 102 Å². The number of hydrogen-bond acceptors (Lipinski definition) is 6. The number of rotatable bonds is 5. The highest BCUT2D eigenvalue weighted by molar-refractivity contribution is 6.03. The van der Waals surface area contributed by atoms with E-state index in [0.29, 0.717) is 0 Å². The van der Waals surface area contributed by atoms with Crippen molar-refractivity contribution in [2.45, 2.75) is 0 Å². The number of aromatic hydroxyl groups is 1. The zero-order valence-electron chi connectivity index (χ0n) is 15.0. The fourth-order valence-corrected chi connectivity index (χ4v) is 2.67. The van der Waals surface area contributed by atoms with Crippen LogP contribution in [0.1, 0.15) is 20.7 Å². The van der Waals surface area contributed by atoms with Crippen LogP contribution in [0.3, 0.4) is 0 Å². The molecule has 0 aliphatic heterocycles. The lowest BCUT2D eigenvalue weighted by Crippen LogP contribution is -2.22. The number of nitrogens with one attached hydrogen (secondary N) is 1. The highest BCUT2D eigenvalue weighted by Crippen LogP contribution is 2.25. The molecule has 0 heterocycles. The molecule has 3 aromatic carbocycles. The molecular formula is C21H17NO6. The van der Waals surface area contributed by atoms with E-state index in [4.69, 9.17) is 4.74 Å². The molecule has 0 aromatic heterocycles. The van der Waals surface area contributed by atoms with E-state index in [0.717, 1.165) is 10.8 Å². The van der Waals surface area contributed by atoms with Crippen molar-refractivity contribution in [3.8, 4) is 5.75 Å². The molecule has 1 amide bonds. The standard InChI is InChI=1S/C21H17NO6/c1-27-20(25)15-8-4-5-9-17(15)22-19(24)12-28-21(26)16-10-13-6-2-3-7-14(13)11-18(16)23/h2-11,23H,12H2,1H3,(H,22,24). The Labute approximate surface area is 160 Å². The quantitative estimate of drug-likeness (QED) is 0.661. The first kappa shape index (κ1) is 18.9. The minimum absolute atomic E-state index is 0.0403. The van der Waals surface area contributed by atoms with Gasteiger partial charge < -0.3 is 19.9 Å². The summed E-state index contributed by atoms with van der Waals surface area (Å²) in [6.07, 6.45) is 0. The fraction of sp³-hybridized carbons (Fsp3) is 0.0952. The Kier molecular flexibility index (Phi) is 5.55. The molecule has 28 heavy (non-hydrogen) atoms. The van der Waals surface area contributed by atoms with Gasteiger partial charge >= 0.3 is 11.9 Å². The van der Waals surface area contributed by atoms with Gasteiger partial charge in [0.1, 0.15) is 11.3 Å². The van der Waals surface area contributed by atoms with Gasteiger partial charge in [0.25, 0.3) is 5.91 Å². The predicted octanol–water partition coefficient (Wildman–Crippen LogP) is 3.13. The summed E-state index contributed by atoms with van der Waals surface area (Å²) in [6.45, 7) is -0.583. The first-order chi connectivity index (χ1) is 13.5. The normalized spacial score (nSPS) is 10.3. The van der Waals surface area contributed by atoms with Crippen molar-refractivity contribution in [3.63, 3.8) is 0 Å². The van der Waals surface area contributed by atoms with Gasteiger partial charge in [-0.25, -0.2) is 9.59 Å². The third-order valence-corrected chi connectivity index (χ3v) is 4.02. The molecule has 2 N–H and O–H groups in total. The van der Waals surface area contributed by atoms with Crippen LogP contribution >= 0.6 is 0 Å². The first-order valence-electron chi connectivity index (χ1n) is 8.35. The van der Waals surface area contributed by atoms with Crippen LogP contribution in [-0.2, 0) is 14.3 Å². The molecule has 3 rings (SSSR count). The molecule has 0 radical (unpaired) electrons. The zero-order valence-corrected chi connectivity index (χ0v) is 15.0. The number of phenolic OH excluding ortho intramolecular Hbond substituents is 1. The van der Waals surface area contributed by atoms with Crippen LogP contribution in [0.15, 0.2) is 60.7 Å². The third kappa shape index (κ3) is 4.09. The summed E-state index contributed by atoms with van der Waals surface area (Å²) in [4.78, 5) is 36.1. The predicted molar refractivity (Wildman–Crippen MR) is 102 cm³/mol. The van der Waals surface area contributed by atoms with Crippen molar-refractivity contribution in [1.82, 2.24) is 0 Å². The van der Waals surface area contributed by atoms with Crippen LogP contribution < -0.4 is 5.32 Å². The van der Waals surface area contributed by atoms with Gasteiger partial charge in [0.15, 0.2) is 6.61 Å². The van der Waals surface area contributed by atoms with E-state index in [9.17, 15) is 19.5 Å². The van der Waals surface area contributed by atoms with Gasteiger partial charge in [0.05, 0.1) is 18.4 Å². The Morgan fingerprint density at radius 2 is 1.54 bits per heavy atom. The Bertz CT molecular complexity index is 1060. The number of carbonyl (C=O) groups excluding carboxylic acids is 3. The summed E-state index contributed by atoms with van der Waals surface area (Å²) in [6, 6.07) is 16.5. The van der Waals surface area contributed by atoms with Crippen molar-refractivity contribution in [2.24, 2.45) is 0 Å². The molecule has 0 aliphatic rings. The van der Waals surface area contributed by atoms with E-state index < -0.39 is 24.5 Å². The van der Waals surface area contributed by atoms with Crippen molar-refractivity contribution in [2.75, 3.05) is 19.0 Å². The number of hydrogen-bond donors (Lipinski definition) is 2. The maximum Gasteiger partial charge on any atom is 0.342 e. The molecule has 142 valence electrons. The Hall–Kier alpha value is -3.87. The molecule has 0 fully saturated rings. The fourth-order valence-electron chi connectivity index (χ4n) is 2.67. The molecule has 3 aromatic rings. The Morgan fingerprint density at radius 1 is 0.893 bits per heavy atom. The van der Waals surface area contributed by atoms with Gasteiger partial charge in [0.2, 0.25) is 0 Å². The van der Waals surface area contributed by atoms with E-state index in [-0.39, 0.29) is 22.6 Å². The van der Waals surface area contributed by atoms with Gasteiger partial charge in [-0.1, -0.05) is 36.4 Å². The third-order valence-electron chi connectivity index (χ3n) is 4.02. The average Bonchev–Trinajstić information content (AvgIpc) is 2.71. The molecule has 0 saturated heterocycles. The number of carbonyl (C=O) groups is 3. The second-order valence-electron chi connectivity index (χ2n) is 5.88. The molecule has 0 atom stereocenters. The van der Waals surface area contributed by atoms with Crippen LogP contribution in [0.25, 0.3) is 10.8 Å². The molecule has 0 bridgehead atoms. The Balaban J connectivity index is 1.68. The highest BCUT2D eigenvalue weighted by atomic mass is 16.5. The lowest BCUT2D eigenvalue weighted by atomic mass is 10.1. The van der Waals surface area contributed by atoms with Crippen LogP contribution in [0.5, 0.6) is 5.75 Å². The number of benzene rings is 3. The van der Waals surface area contributed by atoms with E-state index in [1.54, 1.807) is 30.3 Å². The van der Waals surface area contributed by atoms with Gasteiger partial charge in [0, 0.05) is 0 Å². The first-order valence-corrected chi connectivity index (χ1v) is 8.35. The van der Waals surface area contributed by atoms with Gasteiger partial charge in [-0.15, -0.1) is 0 Å². The number of amides is 1. The molecule has 0 unspecified atom stereocenters. The smallest absolute Gasteiger partial charge is 0.342 e. The van der Waals surface area contributed by atoms with Crippen LogP contribution in [0.4, 0.5) is 5.69 Å². The number of ether oxygens (including phenoxy) is 2. The maximum absolute atomic E-state index is 12.3. The summed E-state index contributed by atoms with van der Waals surface area (Å²) >= 11 is 0. The second kappa shape index (κ2) is 8.22. The van der Waals surface area contributed by atoms with Gasteiger partial charge in [-0.3, -0.25) is 4.79 Å². The SMILES string of the molecule is COC(=O)c1ccccc1NC(=O)COC(=O)c1cc2ccccc2cc1O. The van der Waals surface area contributed by atoms with Crippen molar-refractivity contribution < 1.29 is 29.0 Å². The summed E-state index contributed by atoms with van der Waals surface area (Å²) in [5.74, 6) is -2.31. The monoisotopic (exact) mass is 379 g/mol. The van der Waals surface area contributed by atoms with E-state index in [1.165, 1.54) is 31.4 Å². The van der Waals surface area contributed by atoms with Crippen molar-refractivity contribution in [3.05, 3.63) is 71.8 Å². The molecule has 0 spiro atoms. The maximum atomic E-state index is 12.3. The molecular weight excluding hydrogens is 362 g/mol. The summed E-state index contributed by atoms with van der Waals surface area (Å²) in [5.41, 5.74) is 0.377. The van der Waals surface area contributed by atoms with E-state index >= 15 is 0 Å². The minimum atomic E-state index is -0.834. The van der Waals surface area contributed by atoms with Crippen molar-refractivity contribution >= 4 is 34.3 Å². The second-order valence-corrected chi connectivity index (χ2v) is 5.88. The number of esters is 2. The lowest BCUT2D eigenvalue weighted by molar-refractivity contribution is -0.119. The van der Waals surface area contributed by atoms with Crippen LogP contribution in [-0.4, -0.2) is 36.7 Å². The number of phenols is 1. The average molecular weight is 379 g/mol. The van der Waals surface area contributed by atoms with E-state index in [1.807, 2.05) is 6.07 Å². The van der Waals surface area contributed by atoms with Crippen LogP contribution in [0, 0.1) is 0 Å². The Morgan fingerprint density at radius 3 is 2.25 bits per heavy atom. The van der Waals surface area contributed by atoms with Gasteiger partial charge in [-0.05, 0) is 35.0 Å². The number of fused-ring (bicyclic) bond motifs is 1. The number of para-hydroxylation sites is 1. The van der Waals surface area contributed by atoms with Crippen LogP contribution in [0.2, 0.25) is 0 Å². The summed E-state index contributed by atoms with van der Waals surface area (Å²) < 4.78 is 9.65. The van der Waals surface area contributed by atoms with Crippen molar-refractivity contribution in [1.29, 1.82) is 0 Å². The molecule has 0 saturated carbocycles. The van der Waals surface area contributed by atoms with Gasteiger partial charge in [-0.2, -0.15) is 0 Å². The number of methoxy groups -OCH3 is 1. The summed E-state index contributed by atoms with van der Waals surface area (Å²) in [7, 11) is 1.23. The molecule has 7 nitrogen and oxygen atoms in total. The summed E-state index contributed by atoms with van der Waals surface area (Å²) in [5, 5.41) is 14.1.